The van der Waals surface area contributed by atoms with Gasteiger partial charge in [-0.2, -0.15) is 0 Å². The van der Waals surface area contributed by atoms with Crippen molar-refractivity contribution in [1.82, 2.24) is 5.32 Å². The number of carbonyl (C=O) groups excluding carboxylic acids is 1. The number of nitrogens with one attached hydrogen (secondary N) is 1. The van der Waals surface area contributed by atoms with E-state index >= 15 is 0 Å². The smallest absolute Gasteiger partial charge is 0.233 e. The van der Waals surface area contributed by atoms with Crippen LogP contribution in [-0.4, -0.2) is 31.2 Å². The van der Waals surface area contributed by atoms with Crippen molar-refractivity contribution in [3.8, 4) is 0 Å². The van der Waals surface area contributed by atoms with Crippen molar-refractivity contribution in [2.45, 2.75) is 39.5 Å². The highest BCUT2D eigenvalue weighted by molar-refractivity contribution is 7.80. The maximum atomic E-state index is 12.2. The van der Waals surface area contributed by atoms with E-state index in [-0.39, 0.29) is 11.3 Å². The van der Waals surface area contributed by atoms with Gasteiger partial charge in [-0.3, -0.25) is 4.79 Å². The lowest BCUT2D eigenvalue weighted by Crippen LogP contribution is -2.54. The fraction of sp³-hybridized carbons (Fsp3) is 0.846. The van der Waals surface area contributed by atoms with Gasteiger partial charge in [0.05, 0.1) is 10.4 Å². The van der Waals surface area contributed by atoms with Crippen molar-refractivity contribution < 1.29 is 9.53 Å². The first-order valence-corrected chi connectivity index (χ1v) is 6.82. The number of methoxy groups -OCH3 is 1. The maximum Gasteiger partial charge on any atom is 0.233 e. The molecule has 1 saturated carbocycles. The number of rotatable bonds is 7. The van der Waals surface area contributed by atoms with Crippen molar-refractivity contribution in [1.29, 1.82) is 0 Å². The van der Waals surface area contributed by atoms with Gasteiger partial charge in [0.15, 0.2) is 0 Å². The molecule has 1 fully saturated rings. The number of hydrogen-bond donors (Lipinski definition) is 2. The molecule has 0 aliphatic heterocycles. The SMILES string of the molecule is COCCC(C)(C)CNC(=O)C1(C(N)=S)CCC1. The molecule has 0 bridgehead atoms. The van der Waals surface area contributed by atoms with Crippen molar-refractivity contribution >= 4 is 23.1 Å². The third kappa shape index (κ3) is 3.42. The molecule has 0 spiro atoms. The minimum absolute atomic E-state index is 0.00765. The summed E-state index contributed by atoms with van der Waals surface area (Å²) in [6.07, 6.45) is 3.50. The van der Waals surface area contributed by atoms with Gasteiger partial charge in [0.1, 0.15) is 0 Å². The Morgan fingerprint density at radius 2 is 2.11 bits per heavy atom. The summed E-state index contributed by atoms with van der Waals surface area (Å²) in [7, 11) is 1.69. The summed E-state index contributed by atoms with van der Waals surface area (Å²) in [6.45, 7) is 5.55. The van der Waals surface area contributed by atoms with Crippen LogP contribution in [0.25, 0.3) is 0 Å². The standard InChI is InChI=1S/C13H24N2O2S/c1-12(2,7-8-17-3)9-15-11(16)13(10(14)18)5-4-6-13/h4-9H2,1-3H3,(H2,14,18)(H,15,16). The lowest BCUT2D eigenvalue weighted by Gasteiger charge is -2.40. The Bertz CT molecular complexity index is 325. The summed E-state index contributed by atoms with van der Waals surface area (Å²) < 4.78 is 5.07. The lowest BCUT2D eigenvalue weighted by molar-refractivity contribution is -0.131. The van der Waals surface area contributed by atoms with Crippen LogP contribution in [0.3, 0.4) is 0 Å². The second-order valence-corrected chi connectivity index (χ2v) is 6.33. The molecule has 1 amide bonds. The highest BCUT2D eigenvalue weighted by atomic mass is 32.1. The molecule has 0 radical (unpaired) electrons. The van der Waals surface area contributed by atoms with Gasteiger partial charge in [-0.05, 0) is 24.7 Å². The number of hydrogen-bond acceptors (Lipinski definition) is 3. The zero-order valence-corrected chi connectivity index (χ0v) is 12.4. The molecule has 1 aliphatic rings. The van der Waals surface area contributed by atoms with Gasteiger partial charge in [0, 0.05) is 20.3 Å². The van der Waals surface area contributed by atoms with Crippen LogP contribution >= 0.6 is 12.2 Å². The van der Waals surface area contributed by atoms with E-state index in [0.717, 1.165) is 25.7 Å². The average Bonchev–Trinajstić information content (AvgIpc) is 2.22. The van der Waals surface area contributed by atoms with Crippen molar-refractivity contribution in [3.63, 3.8) is 0 Å². The Morgan fingerprint density at radius 3 is 2.50 bits per heavy atom. The van der Waals surface area contributed by atoms with E-state index in [4.69, 9.17) is 22.7 Å². The number of nitrogens with two attached hydrogens (primary N) is 1. The molecule has 3 N–H and O–H groups in total. The first-order valence-electron chi connectivity index (χ1n) is 6.41. The Labute approximate surface area is 115 Å². The molecule has 4 nitrogen and oxygen atoms in total. The zero-order chi connectivity index (χ0) is 13.8. The predicted octanol–water partition coefficient (Wildman–Crippen LogP) is 1.62. The van der Waals surface area contributed by atoms with Gasteiger partial charge in [0.2, 0.25) is 5.91 Å². The van der Waals surface area contributed by atoms with Crippen LogP contribution in [0.4, 0.5) is 0 Å². The van der Waals surface area contributed by atoms with Crippen LogP contribution in [0.15, 0.2) is 0 Å². The highest BCUT2D eigenvalue weighted by Gasteiger charge is 2.47. The molecule has 5 heteroatoms. The fourth-order valence-electron chi connectivity index (χ4n) is 2.07. The van der Waals surface area contributed by atoms with Crippen molar-refractivity contribution in [2.24, 2.45) is 16.6 Å². The Balaban J connectivity index is 2.48. The second-order valence-electron chi connectivity index (χ2n) is 5.89. The van der Waals surface area contributed by atoms with Gasteiger partial charge in [-0.25, -0.2) is 0 Å². The molecular weight excluding hydrogens is 248 g/mol. The van der Waals surface area contributed by atoms with Gasteiger partial charge in [-0.1, -0.05) is 32.5 Å². The molecule has 0 saturated heterocycles. The molecular formula is C13H24N2O2S. The molecule has 0 heterocycles. The first-order chi connectivity index (χ1) is 8.34. The number of thiocarbonyl (C=S) groups is 1. The predicted molar refractivity (Wildman–Crippen MR) is 76.4 cm³/mol. The van der Waals surface area contributed by atoms with E-state index in [2.05, 4.69) is 19.2 Å². The topological polar surface area (TPSA) is 64.3 Å². The van der Waals surface area contributed by atoms with Crippen LogP contribution in [0.5, 0.6) is 0 Å². The summed E-state index contributed by atoms with van der Waals surface area (Å²) in [6, 6.07) is 0. The van der Waals surface area contributed by atoms with Gasteiger partial charge >= 0.3 is 0 Å². The summed E-state index contributed by atoms with van der Waals surface area (Å²) in [4.78, 5) is 12.5. The number of amides is 1. The van der Waals surface area contributed by atoms with Gasteiger partial charge in [0.25, 0.3) is 0 Å². The van der Waals surface area contributed by atoms with Gasteiger partial charge < -0.3 is 15.8 Å². The maximum absolute atomic E-state index is 12.2. The fourth-order valence-corrected chi connectivity index (χ4v) is 2.37. The third-order valence-electron chi connectivity index (χ3n) is 3.82. The van der Waals surface area contributed by atoms with E-state index < -0.39 is 5.41 Å². The molecule has 0 atom stereocenters. The lowest BCUT2D eigenvalue weighted by atomic mass is 9.68. The highest BCUT2D eigenvalue weighted by Crippen LogP contribution is 2.41. The normalized spacial score (nSPS) is 17.9. The van der Waals surface area contributed by atoms with Crippen molar-refractivity contribution in [2.75, 3.05) is 20.3 Å². The van der Waals surface area contributed by atoms with E-state index in [9.17, 15) is 4.79 Å². The second kappa shape index (κ2) is 5.97. The molecule has 1 aliphatic carbocycles. The zero-order valence-electron chi connectivity index (χ0n) is 11.5. The summed E-state index contributed by atoms with van der Waals surface area (Å²) in [5.41, 5.74) is 5.15. The van der Waals surface area contributed by atoms with E-state index in [1.54, 1.807) is 7.11 Å². The Kier molecular flexibility index (Phi) is 5.10. The summed E-state index contributed by atoms with van der Waals surface area (Å²) in [5.74, 6) is -0.00765. The molecule has 0 aromatic carbocycles. The minimum atomic E-state index is -0.577. The number of carbonyl (C=O) groups is 1. The van der Waals surface area contributed by atoms with Gasteiger partial charge in [-0.15, -0.1) is 0 Å². The molecule has 1 rings (SSSR count). The number of ether oxygens (including phenoxy) is 1. The summed E-state index contributed by atoms with van der Waals surface area (Å²) in [5, 5.41) is 2.99. The van der Waals surface area contributed by atoms with Crippen molar-refractivity contribution in [3.05, 3.63) is 0 Å². The van der Waals surface area contributed by atoms with Crippen LogP contribution < -0.4 is 11.1 Å². The molecule has 18 heavy (non-hydrogen) atoms. The van der Waals surface area contributed by atoms with Crippen LogP contribution in [0.1, 0.15) is 39.5 Å². The van der Waals surface area contributed by atoms with Crippen LogP contribution in [0, 0.1) is 10.8 Å². The molecule has 0 unspecified atom stereocenters. The molecule has 104 valence electrons. The molecule has 0 aromatic heterocycles. The largest absolute Gasteiger partial charge is 0.392 e. The van der Waals surface area contributed by atoms with E-state index in [1.807, 2.05) is 0 Å². The van der Waals surface area contributed by atoms with Crippen LogP contribution in [0.2, 0.25) is 0 Å². The minimum Gasteiger partial charge on any atom is -0.392 e. The third-order valence-corrected chi connectivity index (χ3v) is 4.21. The first kappa shape index (κ1) is 15.4. The van der Waals surface area contributed by atoms with Crippen LogP contribution in [-0.2, 0) is 9.53 Å². The monoisotopic (exact) mass is 272 g/mol. The summed E-state index contributed by atoms with van der Waals surface area (Å²) >= 11 is 5.03. The average molecular weight is 272 g/mol. The Hall–Kier alpha value is -0.680. The van der Waals surface area contributed by atoms with E-state index in [1.165, 1.54) is 0 Å². The van der Waals surface area contributed by atoms with E-state index in [0.29, 0.717) is 18.1 Å². The molecule has 0 aromatic rings. The Morgan fingerprint density at radius 1 is 1.50 bits per heavy atom. The quantitative estimate of drug-likeness (QED) is 0.691.